The number of hydrogen-bond donors (Lipinski definition) is 2. The van der Waals surface area contributed by atoms with Crippen molar-refractivity contribution in [2.45, 2.75) is 12.8 Å². The van der Waals surface area contributed by atoms with Crippen LogP contribution < -0.4 is 5.32 Å². The molecular formula is C16H20N2O6S. The van der Waals surface area contributed by atoms with Gasteiger partial charge in [-0.05, 0) is 25.0 Å². The van der Waals surface area contributed by atoms with Gasteiger partial charge in [-0.2, -0.15) is 0 Å². The van der Waals surface area contributed by atoms with Gasteiger partial charge in [-0.15, -0.1) is 0 Å². The second-order valence-corrected chi connectivity index (χ2v) is 8.00. The van der Waals surface area contributed by atoms with E-state index in [1.807, 2.05) is 0 Å². The minimum Gasteiger partial charge on any atom is -0.481 e. The highest BCUT2D eigenvalue weighted by Crippen LogP contribution is 2.17. The summed E-state index contributed by atoms with van der Waals surface area (Å²) in [7, 11) is -3.90. The summed E-state index contributed by atoms with van der Waals surface area (Å²) in [6.07, 6.45) is 0.602. The Morgan fingerprint density at radius 1 is 1.08 bits per heavy atom. The lowest BCUT2D eigenvalue weighted by Gasteiger charge is -2.30. The number of rotatable bonds is 6. The van der Waals surface area contributed by atoms with Gasteiger partial charge in [0.25, 0.3) is 0 Å². The minimum atomic E-state index is -3.90. The second kappa shape index (κ2) is 8.11. The van der Waals surface area contributed by atoms with Crippen LogP contribution in [0.25, 0.3) is 0 Å². The van der Waals surface area contributed by atoms with Crippen LogP contribution in [0.4, 0.5) is 5.69 Å². The van der Waals surface area contributed by atoms with Crippen LogP contribution in [0.1, 0.15) is 12.8 Å². The fourth-order valence-corrected chi connectivity index (χ4v) is 3.76. The first kappa shape index (κ1) is 18.9. The summed E-state index contributed by atoms with van der Waals surface area (Å²) in [5, 5.41) is 11.4. The number of carboxylic acid groups (broad SMARTS) is 1. The van der Waals surface area contributed by atoms with Gasteiger partial charge in [0.2, 0.25) is 11.8 Å². The number of carbonyl (C=O) groups excluding carboxylic acids is 2. The molecule has 0 saturated carbocycles. The van der Waals surface area contributed by atoms with Crippen molar-refractivity contribution in [3.05, 3.63) is 30.3 Å². The summed E-state index contributed by atoms with van der Waals surface area (Å²) >= 11 is 0. The first-order valence-corrected chi connectivity index (χ1v) is 9.65. The van der Waals surface area contributed by atoms with E-state index in [1.54, 1.807) is 30.3 Å². The molecule has 1 aromatic carbocycles. The number of hydrogen-bond acceptors (Lipinski definition) is 5. The van der Waals surface area contributed by atoms with Crippen LogP contribution >= 0.6 is 0 Å². The predicted octanol–water partition coefficient (Wildman–Crippen LogP) is 0.363. The third kappa shape index (κ3) is 5.86. The highest BCUT2D eigenvalue weighted by molar-refractivity contribution is 7.92. The average Bonchev–Trinajstić information content (AvgIpc) is 2.54. The third-order valence-electron chi connectivity index (χ3n) is 3.95. The number of carbonyl (C=O) groups is 3. The lowest BCUT2D eigenvalue weighted by Crippen LogP contribution is -2.43. The van der Waals surface area contributed by atoms with Crippen molar-refractivity contribution in [1.82, 2.24) is 4.90 Å². The molecule has 1 aliphatic heterocycles. The molecule has 1 heterocycles. The Balaban J connectivity index is 1.85. The molecule has 1 fully saturated rings. The number of benzene rings is 1. The molecule has 0 aromatic heterocycles. The highest BCUT2D eigenvalue weighted by Gasteiger charge is 2.29. The van der Waals surface area contributed by atoms with Crippen LogP contribution in [0.2, 0.25) is 0 Å². The monoisotopic (exact) mass is 368 g/mol. The number of anilines is 1. The first-order valence-electron chi connectivity index (χ1n) is 7.83. The molecule has 0 unspecified atom stereocenters. The maximum absolute atomic E-state index is 12.1. The zero-order chi connectivity index (χ0) is 18.4. The lowest BCUT2D eigenvalue weighted by atomic mass is 9.97. The predicted molar refractivity (Wildman–Crippen MR) is 90.7 cm³/mol. The maximum Gasteiger partial charge on any atom is 0.306 e. The molecule has 9 heteroatoms. The molecule has 136 valence electrons. The van der Waals surface area contributed by atoms with Gasteiger partial charge in [0.05, 0.1) is 5.92 Å². The molecule has 0 bridgehead atoms. The van der Waals surface area contributed by atoms with Gasteiger partial charge in [0.1, 0.15) is 11.5 Å². The molecule has 25 heavy (non-hydrogen) atoms. The molecule has 2 N–H and O–H groups in total. The molecule has 8 nitrogen and oxygen atoms in total. The van der Waals surface area contributed by atoms with Crippen molar-refractivity contribution in [1.29, 1.82) is 0 Å². The highest BCUT2D eigenvalue weighted by atomic mass is 32.2. The van der Waals surface area contributed by atoms with Crippen LogP contribution in [0.5, 0.6) is 0 Å². The van der Waals surface area contributed by atoms with Gasteiger partial charge in [-0.25, -0.2) is 8.42 Å². The number of piperidine rings is 1. The molecule has 0 aliphatic carbocycles. The Morgan fingerprint density at radius 3 is 2.24 bits per heavy atom. The summed E-state index contributed by atoms with van der Waals surface area (Å²) in [6.45, 7) is 0.420. The van der Waals surface area contributed by atoms with Gasteiger partial charge >= 0.3 is 5.97 Å². The van der Waals surface area contributed by atoms with Gasteiger partial charge in [-0.1, -0.05) is 18.2 Å². The third-order valence-corrected chi connectivity index (χ3v) is 5.34. The fraction of sp³-hybridized carbons (Fsp3) is 0.438. The fourth-order valence-electron chi connectivity index (χ4n) is 2.62. The van der Waals surface area contributed by atoms with Crippen LogP contribution in [0.15, 0.2) is 30.3 Å². The van der Waals surface area contributed by atoms with E-state index in [1.165, 1.54) is 4.90 Å². The van der Waals surface area contributed by atoms with Gasteiger partial charge in [0.15, 0.2) is 9.84 Å². The van der Waals surface area contributed by atoms with E-state index in [4.69, 9.17) is 5.11 Å². The summed E-state index contributed by atoms with van der Waals surface area (Å²) in [4.78, 5) is 36.1. The van der Waals surface area contributed by atoms with E-state index in [9.17, 15) is 22.8 Å². The van der Waals surface area contributed by atoms with E-state index in [0.717, 1.165) is 0 Å². The number of aliphatic carboxylic acids is 1. The number of nitrogens with zero attached hydrogens (tertiary/aromatic N) is 1. The van der Waals surface area contributed by atoms with Crippen LogP contribution in [0, 0.1) is 5.92 Å². The lowest BCUT2D eigenvalue weighted by molar-refractivity contribution is -0.145. The molecule has 1 saturated heterocycles. The largest absolute Gasteiger partial charge is 0.481 e. The molecule has 0 atom stereocenters. The standard InChI is InChI=1S/C16H20N2O6S/c19-14(17-13-4-2-1-3-5-13)10-25(23,24)11-15(20)18-8-6-12(7-9-18)16(21)22/h1-5,12H,6-11H2,(H,17,19)(H,21,22). The SMILES string of the molecule is O=C(CS(=O)(=O)CC(=O)N1CCC(C(=O)O)CC1)Nc1ccccc1. The Morgan fingerprint density at radius 2 is 1.68 bits per heavy atom. The normalized spacial score (nSPS) is 15.6. The summed E-state index contributed by atoms with van der Waals surface area (Å²) in [6, 6.07) is 8.42. The number of sulfone groups is 1. The number of amides is 2. The second-order valence-electron chi connectivity index (χ2n) is 5.94. The number of para-hydroxylation sites is 1. The van der Waals surface area contributed by atoms with Gasteiger partial charge in [0, 0.05) is 18.8 Å². The van der Waals surface area contributed by atoms with Crippen molar-refractivity contribution in [2.75, 3.05) is 29.9 Å². The van der Waals surface area contributed by atoms with Gasteiger partial charge < -0.3 is 15.3 Å². The Bertz CT molecular complexity index is 739. The average molecular weight is 368 g/mol. The van der Waals surface area contributed by atoms with E-state index in [0.29, 0.717) is 18.5 Å². The summed E-state index contributed by atoms with van der Waals surface area (Å²) in [5.74, 6) is -4.25. The van der Waals surface area contributed by atoms with Gasteiger partial charge in [-0.3, -0.25) is 14.4 Å². The molecule has 0 radical (unpaired) electrons. The minimum absolute atomic E-state index is 0.210. The van der Waals surface area contributed by atoms with Crippen LogP contribution in [-0.4, -0.2) is 60.8 Å². The summed E-state index contributed by atoms with van der Waals surface area (Å²) in [5.41, 5.74) is 0.477. The van der Waals surface area contributed by atoms with E-state index < -0.39 is 45.0 Å². The summed E-state index contributed by atoms with van der Waals surface area (Å²) < 4.78 is 24.1. The zero-order valence-corrected chi connectivity index (χ0v) is 14.4. The zero-order valence-electron chi connectivity index (χ0n) is 13.6. The maximum atomic E-state index is 12.1. The Kier molecular flexibility index (Phi) is 6.13. The smallest absolute Gasteiger partial charge is 0.306 e. The molecule has 1 aliphatic rings. The van der Waals surface area contributed by atoms with Crippen molar-refractivity contribution in [3.8, 4) is 0 Å². The van der Waals surface area contributed by atoms with E-state index in [2.05, 4.69) is 5.32 Å². The molecule has 0 spiro atoms. The molecule has 2 amide bonds. The number of carboxylic acids is 1. The quantitative estimate of drug-likeness (QED) is 0.748. The number of likely N-dealkylation sites (tertiary alicyclic amines) is 1. The van der Waals surface area contributed by atoms with E-state index in [-0.39, 0.29) is 13.1 Å². The van der Waals surface area contributed by atoms with Crippen molar-refractivity contribution in [2.24, 2.45) is 5.92 Å². The van der Waals surface area contributed by atoms with Crippen molar-refractivity contribution >= 4 is 33.3 Å². The first-order chi connectivity index (χ1) is 11.8. The topological polar surface area (TPSA) is 121 Å². The van der Waals surface area contributed by atoms with Crippen LogP contribution in [0.3, 0.4) is 0 Å². The number of nitrogens with one attached hydrogen (secondary N) is 1. The van der Waals surface area contributed by atoms with Crippen molar-refractivity contribution < 1.29 is 27.9 Å². The Hall–Kier alpha value is -2.42. The Labute approximate surface area is 145 Å². The molecule has 2 rings (SSSR count). The van der Waals surface area contributed by atoms with Crippen molar-refractivity contribution in [3.63, 3.8) is 0 Å². The van der Waals surface area contributed by atoms with E-state index >= 15 is 0 Å². The molecular weight excluding hydrogens is 348 g/mol. The van der Waals surface area contributed by atoms with Crippen LogP contribution in [-0.2, 0) is 24.2 Å². The molecule has 1 aromatic rings.